The van der Waals surface area contributed by atoms with Gasteiger partial charge in [-0.2, -0.15) is 0 Å². The molecule has 0 heterocycles. The average Bonchev–Trinajstić information content (AvgIpc) is 2.86. The maximum atomic E-state index is 11.9. The Morgan fingerprint density at radius 1 is 0.765 bits per heavy atom. The molecule has 6 nitrogen and oxygen atoms in total. The molecule has 174 valence electrons. The summed E-state index contributed by atoms with van der Waals surface area (Å²) in [5, 5.41) is 5.73. The second-order valence-corrected chi connectivity index (χ2v) is 7.55. The van der Waals surface area contributed by atoms with Gasteiger partial charge >= 0.3 is 0 Å². The number of anilines is 4. The molecular formula is C27H28N4O2S. The minimum absolute atomic E-state index is 0.259. The topological polar surface area (TPSA) is 110 Å². The average molecular weight is 473 g/mol. The summed E-state index contributed by atoms with van der Waals surface area (Å²) >= 11 is 4.14. The van der Waals surface area contributed by atoms with Gasteiger partial charge in [0.05, 0.1) is 0 Å². The predicted octanol–water partition coefficient (Wildman–Crippen LogP) is 5.62. The summed E-state index contributed by atoms with van der Waals surface area (Å²) in [6, 6.07) is 30.8. The van der Waals surface area contributed by atoms with Crippen molar-refractivity contribution in [1.29, 1.82) is 0 Å². The molecule has 0 aromatic heterocycles. The molecule has 4 rings (SSSR count). The third-order valence-corrected chi connectivity index (χ3v) is 4.68. The van der Waals surface area contributed by atoms with Gasteiger partial charge in [-0.3, -0.25) is 9.59 Å². The molecule has 0 aliphatic carbocycles. The molecule has 34 heavy (non-hydrogen) atoms. The van der Waals surface area contributed by atoms with Crippen LogP contribution in [0, 0.1) is 0 Å². The molecule has 7 heteroatoms. The van der Waals surface area contributed by atoms with Crippen molar-refractivity contribution in [3.63, 3.8) is 0 Å². The van der Waals surface area contributed by atoms with E-state index >= 15 is 0 Å². The molecule has 0 spiro atoms. The molecule has 0 radical (unpaired) electrons. The molecule has 4 aromatic rings. The molecule has 4 aromatic carbocycles. The Bertz CT molecular complexity index is 1180. The fourth-order valence-corrected chi connectivity index (χ4v) is 2.80. The van der Waals surface area contributed by atoms with Gasteiger partial charge in [-0.05, 0) is 66.7 Å². The number of amides is 1. The SMILES string of the molecule is CNc1ccc(S)cc1.Nc1cccc(C(=O)Nc2cccc(C=O)c2)c1.Nc1ccccc1. The lowest BCUT2D eigenvalue weighted by molar-refractivity contribution is 0.102. The fourth-order valence-electron chi connectivity index (χ4n) is 2.65. The Labute approximate surface area is 205 Å². The van der Waals surface area contributed by atoms with E-state index in [0.29, 0.717) is 22.5 Å². The van der Waals surface area contributed by atoms with Crippen molar-refractivity contribution in [1.82, 2.24) is 0 Å². The Morgan fingerprint density at radius 3 is 1.97 bits per heavy atom. The molecule has 0 saturated carbocycles. The largest absolute Gasteiger partial charge is 0.399 e. The van der Waals surface area contributed by atoms with E-state index in [2.05, 4.69) is 23.3 Å². The summed E-state index contributed by atoms with van der Waals surface area (Å²) in [7, 11) is 1.90. The summed E-state index contributed by atoms with van der Waals surface area (Å²) in [5.41, 5.74) is 15.0. The number of benzene rings is 4. The number of nitrogen functional groups attached to an aromatic ring is 2. The van der Waals surface area contributed by atoms with Crippen molar-refractivity contribution < 1.29 is 9.59 Å². The molecule has 1 amide bonds. The van der Waals surface area contributed by atoms with E-state index < -0.39 is 0 Å². The molecule has 0 aliphatic heterocycles. The molecule has 0 unspecified atom stereocenters. The lowest BCUT2D eigenvalue weighted by atomic mass is 10.1. The van der Waals surface area contributed by atoms with Gasteiger partial charge < -0.3 is 22.1 Å². The number of rotatable bonds is 4. The highest BCUT2D eigenvalue weighted by molar-refractivity contribution is 7.80. The zero-order valence-corrected chi connectivity index (χ0v) is 19.7. The second kappa shape index (κ2) is 14.0. The van der Waals surface area contributed by atoms with Crippen LogP contribution in [0.5, 0.6) is 0 Å². The molecule has 0 bridgehead atoms. The van der Waals surface area contributed by atoms with Crippen LogP contribution >= 0.6 is 12.6 Å². The Morgan fingerprint density at radius 2 is 1.41 bits per heavy atom. The van der Waals surface area contributed by atoms with Crippen molar-refractivity contribution in [3.05, 3.63) is 114 Å². The zero-order valence-electron chi connectivity index (χ0n) is 18.8. The van der Waals surface area contributed by atoms with Crippen LogP contribution in [0.4, 0.5) is 22.7 Å². The van der Waals surface area contributed by atoms with Crippen molar-refractivity contribution in [2.75, 3.05) is 29.1 Å². The van der Waals surface area contributed by atoms with Gasteiger partial charge in [0.1, 0.15) is 6.29 Å². The van der Waals surface area contributed by atoms with E-state index in [1.165, 1.54) is 0 Å². The van der Waals surface area contributed by atoms with Crippen LogP contribution in [-0.4, -0.2) is 19.2 Å². The summed E-state index contributed by atoms with van der Waals surface area (Å²) < 4.78 is 0. The van der Waals surface area contributed by atoms with Gasteiger partial charge in [0.2, 0.25) is 0 Å². The summed E-state index contributed by atoms with van der Waals surface area (Å²) in [4.78, 5) is 23.5. The van der Waals surface area contributed by atoms with Crippen LogP contribution in [0.3, 0.4) is 0 Å². The Hall–Kier alpha value is -4.23. The molecule has 0 saturated heterocycles. The Kier molecular flexibility index (Phi) is 10.7. The van der Waals surface area contributed by atoms with Gasteiger partial charge in [0, 0.05) is 45.8 Å². The number of hydrogen-bond acceptors (Lipinski definition) is 6. The summed E-state index contributed by atoms with van der Waals surface area (Å²) in [6.45, 7) is 0. The zero-order chi connectivity index (χ0) is 24.8. The number of nitrogens with one attached hydrogen (secondary N) is 2. The van der Waals surface area contributed by atoms with Crippen LogP contribution in [0.25, 0.3) is 0 Å². The summed E-state index contributed by atoms with van der Waals surface area (Å²) in [6.07, 6.45) is 0.732. The van der Waals surface area contributed by atoms with E-state index in [1.54, 1.807) is 48.5 Å². The maximum Gasteiger partial charge on any atom is 0.255 e. The monoisotopic (exact) mass is 472 g/mol. The normalized spacial score (nSPS) is 9.35. The van der Waals surface area contributed by atoms with Crippen molar-refractivity contribution in [2.24, 2.45) is 0 Å². The van der Waals surface area contributed by atoms with Gasteiger partial charge in [0.15, 0.2) is 0 Å². The van der Waals surface area contributed by atoms with Crippen LogP contribution in [0.2, 0.25) is 0 Å². The first-order valence-corrected chi connectivity index (χ1v) is 10.9. The van der Waals surface area contributed by atoms with Crippen LogP contribution in [0.15, 0.2) is 108 Å². The van der Waals surface area contributed by atoms with Gasteiger partial charge in [0.25, 0.3) is 5.91 Å². The molecular weight excluding hydrogens is 444 g/mol. The van der Waals surface area contributed by atoms with Gasteiger partial charge in [-0.1, -0.05) is 36.4 Å². The molecule has 0 aliphatic rings. The minimum Gasteiger partial charge on any atom is -0.399 e. The number of hydrogen-bond donors (Lipinski definition) is 5. The van der Waals surface area contributed by atoms with E-state index in [4.69, 9.17) is 11.5 Å². The number of carbonyl (C=O) groups excluding carboxylic acids is 2. The lowest BCUT2D eigenvalue weighted by Crippen LogP contribution is -2.12. The third kappa shape index (κ3) is 9.50. The molecule has 0 fully saturated rings. The smallest absolute Gasteiger partial charge is 0.255 e. The van der Waals surface area contributed by atoms with Crippen LogP contribution < -0.4 is 22.1 Å². The van der Waals surface area contributed by atoms with E-state index in [0.717, 1.165) is 22.6 Å². The van der Waals surface area contributed by atoms with Gasteiger partial charge in [-0.15, -0.1) is 12.6 Å². The Balaban J connectivity index is 0.000000211. The van der Waals surface area contributed by atoms with E-state index in [-0.39, 0.29) is 5.91 Å². The van der Waals surface area contributed by atoms with Crippen molar-refractivity contribution in [3.8, 4) is 0 Å². The maximum absolute atomic E-state index is 11.9. The summed E-state index contributed by atoms with van der Waals surface area (Å²) in [5.74, 6) is -0.259. The third-order valence-electron chi connectivity index (χ3n) is 4.38. The second-order valence-electron chi connectivity index (χ2n) is 7.03. The number of aldehydes is 1. The standard InChI is InChI=1S/C14H12N2O2.C7H9NS.C6H7N/c15-12-5-2-4-11(8-12)14(18)16-13-6-1-3-10(7-13)9-17;1-8-6-2-4-7(9)5-3-6;7-6-4-2-1-3-5-6/h1-9H,15H2,(H,16,18);2-5,8-9H,1H3;1-5H,7H2. The highest BCUT2D eigenvalue weighted by atomic mass is 32.1. The first-order chi connectivity index (χ1) is 16.4. The van der Waals surface area contributed by atoms with Crippen LogP contribution in [0.1, 0.15) is 20.7 Å². The number of para-hydroxylation sites is 1. The highest BCUT2D eigenvalue weighted by Crippen LogP contribution is 2.13. The van der Waals surface area contributed by atoms with Crippen molar-refractivity contribution in [2.45, 2.75) is 4.90 Å². The van der Waals surface area contributed by atoms with Crippen molar-refractivity contribution >= 4 is 47.6 Å². The van der Waals surface area contributed by atoms with E-state index in [1.807, 2.05) is 61.6 Å². The minimum atomic E-state index is -0.259. The lowest BCUT2D eigenvalue weighted by Gasteiger charge is -2.06. The van der Waals surface area contributed by atoms with Crippen LogP contribution in [-0.2, 0) is 0 Å². The highest BCUT2D eigenvalue weighted by Gasteiger charge is 2.06. The first-order valence-electron chi connectivity index (χ1n) is 10.4. The number of carbonyl (C=O) groups is 2. The van der Waals surface area contributed by atoms with Gasteiger partial charge in [-0.25, -0.2) is 0 Å². The number of thiol groups is 1. The van der Waals surface area contributed by atoms with E-state index in [9.17, 15) is 9.59 Å². The predicted molar refractivity (Wildman–Crippen MR) is 145 cm³/mol. The fraction of sp³-hybridized carbons (Fsp3) is 0.0370. The first kappa shape index (κ1) is 26.0. The molecule has 0 atom stereocenters. The quantitative estimate of drug-likeness (QED) is 0.150. The number of nitrogens with two attached hydrogens (primary N) is 2. The molecule has 6 N–H and O–H groups in total.